The first-order valence-electron chi connectivity index (χ1n) is 6.77. The Hall–Kier alpha value is -1.36. The van der Waals surface area contributed by atoms with E-state index in [1.807, 2.05) is 32.9 Å². The van der Waals surface area contributed by atoms with Crippen LogP contribution in [0.2, 0.25) is 0 Å². The van der Waals surface area contributed by atoms with Crippen LogP contribution < -0.4 is 5.32 Å². The molecule has 0 heterocycles. The third-order valence-corrected chi connectivity index (χ3v) is 5.11. The molecule has 5 heteroatoms. The summed E-state index contributed by atoms with van der Waals surface area (Å²) in [6, 6.07) is 7.31. The zero-order valence-electron chi connectivity index (χ0n) is 12.5. The van der Waals surface area contributed by atoms with E-state index >= 15 is 0 Å². The molecule has 1 aromatic rings. The molecule has 0 saturated carbocycles. The van der Waals surface area contributed by atoms with Crippen molar-refractivity contribution in [3.63, 3.8) is 0 Å². The number of hydrogen-bond donors (Lipinski definition) is 1. The first-order chi connectivity index (χ1) is 9.22. The molecule has 1 N–H and O–H groups in total. The molecule has 0 unspecified atom stereocenters. The largest absolute Gasteiger partial charge is 0.355 e. The maximum atomic E-state index is 12.2. The Balaban J connectivity index is 2.72. The average molecular weight is 297 g/mol. The molecule has 0 bridgehead atoms. The minimum Gasteiger partial charge on any atom is -0.355 e. The number of carbonyl (C=O) groups excluding carboxylic acids is 1. The molecule has 0 saturated heterocycles. The van der Waals surface area contributed by atoms with E-state index in [1.54, 1.807) is 12.1 Å². The summed E-state index contributed by atoms with van der Waals surface area (Å²) in [5.74, 6) is -0.236. The lowest BCUT2D eigenvalue weighted by Crippen LogP contribution is -2.39. The first-order valence-corrected chi connectivity index (χ1v) is 8.48. The van der Waals surface area contributed by atoms with Crippen LogP contribution >= 0.6 is 0 Å². The van der Waals surface area contributed by atoms with Crippen molar-refractivity contribution >= 4 is 15.7 Å². The number of carbonyl (C=O) groups is 1. The summed E-state index contributed by atoms with van der Waals surface area (Å²) in [5.41, 5.74) is 1.79. The lowest BCUT2D eigenvalue weighted by atomic mass is 10.2. The fraction of sp³-hybridized carbons (Fsp3) is 0.533. The van der Waals surface area contributed by atoms with Gasteiger partial charge in [0.05, 0.1) is 5.75 Å². The van der Waals surface area contributed by atoms with Crippen LogP contribution in [0.5, 0.6) is 0 Å². The monoisotopic (exact) mass is 297 g/mol. The van der Waals surface area contributed by atoms with Crippen molar-refractivity contribution in [2.45, 2.75) is 38.7 Å². The summed E-state index contributed by atoms with van der Waals surface area (Å²) in [6.45, 7) is 7.81. The van der Waals surface area contributed by atoms with Gasteiger partial charge in [0.1, 0.15) is 5.25 Å². The molecule has 1 amide bonds. The zero-order valence-corrected chi connectivity index (χ0v) is 13.3. The van der Waals surface area contributed by atoms with Gasteiger partial charge in [-0.15, -0.1) is 0 Å². The van der Waals surface area contributed by atoms with Gasteiger partial charge < -0.3 is 5.32 Å². The second-order valence-electron chi connectivity index (χ2n) is 5.57. The minimum absolute atomic E-state index is 0.108. The van der Waals surface area contributed by atoms with Gasteiger partial charge in [-0.3, -0.25) is 4.79 Å². The van der Waals surface area contributed by atoms with Crippen LogP contribution in [0, 0.1) is 12.8 Å². The fourth-order valence-electron chi connectivity index (χ4n) is 1.65. The highest BCUT2D eigenvalue weighted by Crippen LogP contribution is 2.12. The minimum atomic E-state index is -3.49. The normalized spacial score (nSPS) is 13.2. The SMILES string of the molecule is Cc1ccc(CS(=O)(=O)[C@@H](C)C(=O)NCC(C)C)cc1. The molecular weight excluding hydrogens is 274 g/mol. The molecule has 4 nitrogen and oxygen atoms in total. The van der Waals surface area contributed by atoms with E-state index in [2.05, 4.69) is 5.32 Å². The van der Waals surface area contributed by atoms with Gasteiger partial charge in [-0.2, -0.15) is 0 Å². The second kappa shape index (κ2) is 6.88. The van der Waals surface area contributed by atoms with Crippen molar-refractivity contribution in [3.8, 4) is 0 Å². The first kappa shape index (κ1) is 16.7. The van der Waals surface area contributed by atoms with Crippen LogP contribution in [-0.2, 0) is 20.4 Å². The van der Waals surface area contributed by atoms with Gasteiger partial charge in [0.25, 0.3) is 0 Å². The standard InChI is InChI=1S/C15H23NO3S/c1-11(2)9-16-15(17)13(4)20(18,19)10-14-7-5-12(3)6-8-14/h5-8,11,13H,9-10H2,1-4H3,(H,16,17)/t13-/m0/s1. The number of nitrogens with one attached hydrogen (secondary N) is 1. The van der Waals surface area contributed by atoms with Gasteiger partial charge >= 0.3 is 0 Å². The highest BCUT2D eigenvalue weighted by atomic mass is 32.2. The van der Waals surface area contributed by atoms with E-state index in [9.17, 15) is 13.2 Å². The Kier molecular flexibility index (Phi) is 5.74. The van der Waals surface area contributed by atoms with Gasteiger partial charge in [0.2, 0.25) is 5.91 Å². The third-order valence-electron chi connectivity index (χ3n) is 3.08. The molecule has 0 fully saturated rings. The number of hydrogen-bond acceptors (Lipinski definition) is 3. The Morgan fingerprint density at radius 2 is 1.70 bits per heavy atom. The zero-order chi connectivity index (χ0) is 15.3. The van der Waals surface area contributed by atoms with Crippen LogP contribution in [0.1, 0.15) is 31.9 Å². The number of benzene rings is 1. The van der Waals surface area contributed by atoms with E-state index in [-0.39, 0.29) is 5.75 Å². The highest BCUT2D eigenvalue weighted by molar-refractivity contribution is 7.92. The molecule has 0 spiro atoms. The van der Waals surface area contributed by atoms with E-state index in [0.29, 0.717) is 18.0 Å². The summed E-state index contributed by atoms with van der Waals surface area (Å²) in [7, 11) is -3.49. The highest BCUT2D eigenvalue weighted by Gasteiger charge is 2.27. The van der Waals surface area contributed by atoms with E-state index < -0.39 is 21.0 Å². The van der Waals surface area contributed by atoms with Crippen molar-refractivity contribution in [2.75, 3.05) is 6.54 Å². The molecule has 0 aliphatic rings. The summed E-state index contributed by atoms with van der Waals surface area (Å²) in [4.78, 5) is 11.8. The van der Waals surface area contributed by atoms with E-state index in [4.69, 9.17) is 0 Å². The topological polar surface area (TPSA) is 63.2 Å². The predicted molar refractivity (Wildman–Crippen MR) is 81.1 cm³/mol. The van der Waals surface area contributed by atoms with Crippen LogP contribution in [0.15, 0.2) is 24.3 Å². The van der Waals surface area contributed by atoms with Crippen molar-refractivity contribution < 1.29 is 13.2 Å². The number of amides is 1. The van der Waals surface area contributed by atoms with Gasteiger partial charge in [0, 0.05) is 6.54 Å². The summed E-state index contributed by atoms with van der Waals surface area (Å²) in [6.07, 6.45) is 0. The number of rotatable bonds is 6. The quantitative estimate of drug-likeness (QED) is 0.874. The van der Waals surface area contributed by atoms with Crippen molar-refractivity contribution in [3.05, 3.63) is 35.4 Å². The second-order valence-corrected chi connectivity index (χ2v) is 7.90. The van der Waals surface area contributed by atoms with Gasteiger partial charge in [-0.05, 0) is 25.3 Å². The van der Waals surface area contributed by atoms with E-state index in [0.717, 1.165) is 5.56 Å². The van der Waals surface area contributed by atoms with Crippen LogP contribution in [0.3, 0.4) is 0 Å². The van der Waals surface area contributed by atoms with Crippen molar-refractivity contribution in [1.82, 2.24) is 5.32 Å². The fourth-order valence-corrected chi connectivity index (χ4v) is 2.97. The van der Waals surface area contributed by atoms with Gasteiger partial charge in [-0.1, -0.05) is 43.7 Å². The molecule has 0 aliphatic heterocycles. The molecule has 0 aliphatic carbocycles. The molecule has 0 aromatic heterocycles. The predicted octanol–water partition coefficient (Wildman–Crippen LogP) is 2.07. The molecule has 1 atom stereocenters. The third kappa shape index (κ3) is 4.96. The smallest absolute Gasteiger partial charge is 0.238 e. The molecular formula is C15H23NO3S. The Morgan fingerprint density at radius 3 is 2.20 bits per heavy atom. The van der Waals surface area contributed by atoms with Crippen LogP contribution in [-0.4, -0.2) is 26.1 Å². The van der Waals surface area contributed by atoms with Crippen LogP contribution in [0.25, 0.3) is 0 Å². The molecule has 20 heavy (non-hydrogen) atoms. The summed E-state index contributed by atoms with van der Waals surface area (Å²) >= 11 is 0. The van der Waals surface area contributed by atoms with Gasteiger partial charge in [-0.25, -0.2) is 8.42 Å². The number of sulfone groups is 1. The summed E-state index contributed by atoms with van der Waals surface area (Å²) in [5, 5.41) is 1.64. The molecule has 1 rings (SSSR count). The lowest BCUT2D eigenvalue weighted by Gasteiger charge is -2.14. The summed E-state index contributed by atoms with van der Waals surface area (Å²) < 4.78 is 24.4. The molecule has 112 valence electrons. The van der Waals surface area contributed by atoms with E-state index in [1.165, 1.54) is 6.92 Å². The maximum absolute atomic E-state index is 12.2. The maximum Gasteiger partial charge on any atom is 0.238 e. The Labute approximate surface area is 121 Å². The lowest BCUT2D eigenvalue weighted by molar-refractivity contribution is -0.120. The Morgan fingerprint density at radius 1 is 1.15 bits per heavy atom. The van der Waals surface area contributed by atoms with Crippen LogP contribution in [0.4, 0.5) is 0 Å². The Bertz CT molecular complexity index is 547. The molecule has 0 radical (unpaired) electrons. The van der Waals surface area contributed by atoms with Crippen molar-refractivity contribution in [2.24, 2.45) is 5.92 Å². The number of aryl methyl sites for hydroxylation is 1. The average Bonchev–Trinajstić information content (AvgIpc) is 2.37. The molecule has 1 aromatic carbocycles. The van der Waals surface area contributed by atoms with Gasteiger partial charge in [0.15, 0.2) is 9.84 Å². The van der Waals surface area contributed by atoms with Crippen molar-refractivity contribution in [1.29, 1.82) is 0 Å².